The molecule has 1 atom stereocenters. The van der Waals surface area contributed by atoms with Crippen LogP contribution in [0.5, 0.6) is 0 Å². The molecule has 2 rings (SSSR count). The van der Waals surface area contributed by atoms with Crippen molar-refractivity contribution in [3.63, 3.8) is 0 Å². The monoisotopic (exact) mass is 222 g/mol. The molecule has 4 heteroatoms. The maximum absolute atomic E-state index is 6.12. The SMILES string of the molecule is CCC1CCN(c2c(N)c(C)nn2CC)C1. The van der Waals surface area contributed by atoms with Crippen LogP contribution in [0.25, 0.3) is 0 Å². The summed E-state index contributed by atoms with van der Waals surface area (Å²) in [6, 6.07) is 0. The lowest BCUT2D eigenvalue weighted by atomic mass is 10.1. The molecule has 0 aromatic carbocycles. The van der Waals surface area contributed by atoms with Gasteiger partial charge in [-0.25, -0.2) is 4.68 Å². The van der Waals surface area contributed by atoms with Crippen molar-refractivity contribution >= 4 is 11.5 Å². The molecule has 2 N–H and O–H groups in total. The number of aromatic nitrogens is 2. The quantitative estimate of drug-likeness (QED) is 0.851. The number of anilines is 2. The molecule has 1 aromatic rings. The second-order valence-corrected chi connectivity index (χ2v) is 4.65. The lowest BCUT2D eigenvalue weighted by Gasteiger charge is -2.20. The third kappa shape index (κ3) is 1.77. The van der Waals surface area contributed by atoms with E-state index in [1.54, 1.807) is 0 Å². The van der Waals surface area contributed by atoms with Crippen LogP contribution in [0.15, 0.2) is 0 Å². The van der Waals surface area contributed by atoms with Crippen molar-refractivity contribution in [3.8, 4) is 0 Å². The van der Waals surface area contributed by atoms with Gasteiger partial charge in [-0.1, -0.05) is 13.3 Å². The zero-order valence-electron chi connectivity index (χ0n) is 10.5. The van der Waals surface area contributed by atoms with E-state index in [-0.39, 0.29) is 0 Å². The van der Waals surface area contributed by atoms with Crippen molar-refractivity contribution in [1.29, 1.82) is 0 Å². The van der Waals surface area contributed by atoms with E-state index in [2.05, 4.69) is 23.8 Å². The van der Waals surface area contributed by atoms with Crippen LogP contribution in [0.4, 0.5) is 11.5 Å². The van der Waals surface area contributed by atoms with Gasteiger partial charge in [-0.2, -0.15) is 5.10 Å². The lowest BCUT2D eigenvalue weighted by Crippen LogP contribution is -2.23. The largest absolute Gasteiger partial charge is 0.394 e. The molecule has 0 amide bonds. The van der Waals surface area contributed by atoms with Gasteiger partial charge in [0.25, 0.3) is 0 Å². The molecular weight excluding hydrogens is 200 g/mol. The molecule has 0 bridgehead atoms. The standard InChI is InChI=1S/C12H22N4/c1-4-10-6-7-15(8-10)12-11(13)9(3)14-16(12)5-2/h10H,4-8,13H2,1-3H3. The van der Waals surface area contributed by atoms with Gasteiger partial charge in [0.2, 0.25) is 0 Å². The summed E-state index contributed by atoms with van der Waals surface area (Å²) in [5.41, 5.74) is 7.94. The third-order valence-electron chi connectivity index (χ3n) is 3.61. The fraction of sp³-hybridized carbons (Fsp3) is 0.750. The number of hydrogen-bond acceptors (Lipinski definition) is 3. The first-order valence-electron chi connectivity index (χ1n) is 6.25. The minimum Gasteiger partial charge on any atom is -0.394 e. The van der Waals surface area contributed by atoms with E-state index in [0.717, 1.165) is 42.8 Å². The first-order valence-corrected chi connectivity index (χ1v) is 6.25. The van der Waals surface area contributed by atoms with E-state index in [4.69, 9.17) is 5.73 Å². The van der Waals surface area contributed by atoms with Gasteiger partial charge >= 0.3 is 0 Å². The van der Waals surface area contributed by atoms with Crippen molar-refractivity contribution in [3.05, 3.63) is 5.69 Å². The van der Waals surface area contributed by atoms with E-state index in [0.29, 0.717) is 0 Å². The number of nitrogens with zero attached hydrogens (tertiary/aromatic N) is 3. The summed E-state index contributed by atoms with van der Waals surface area (Å²) in [7, 11) is 0. The summed E-state index contributed by atoms with van der Waals surface area (Å²) < 4.78 is 2.03. The van der Waals surface area contributed by atoms with Crippen LogP contribution in [0, 0.1) is 12.8 Å². The molecule has 1 aliphatic heterocycles. The average molecular weight is 222 g/mol. The highest BCUT2D eigenvalue weighted by Crippen LogP contribution is 2.31. The van der Waals surface area contributed by atoms with Crippen LogP contribution in [0.2, 0.25) is 0 Å². The van der Waals surface area contributed by atoms with E-state index >= 15 is 0 Å². The summed E-state index contributed by atoms with van der Waals surface area (Å²) >= 11 is 0. The van der Waals surface area contributed by atoms with Gasteiger partial charge in [0.1, 0.15) is 0 Å². The molecule has 4 nitrogen and oxygen atoms in total. The van der Waals surface area contributed by atoms with Crippen molar-refractivity contribution < 1.29 is 0 Å². The van der Waals surface area contributed by atoms with Crippen LogP contribution < -0.4 is 10.6 Å². The fourth-order valence-corrected chi connectivity index (χ4v) is 2.50. The van der Waals surface area contributed by atoms with Gasteiger partial charge in [-0.05, 0) is 26.2 Å². The van der Waals surface area contributed by atoms with Crippen molar-refractivity contribution in [2.45, 2.75) is 40.2 Å². The Kier molecular flexibility index (Phi) is 3.08. The topological polar surface area (TPSA) is 47.1 Å². The van der Waals surface area contributed by atoms with E-state index in [1.165, 1.54) is 12.8 Å². The summed E-state index contributed by atoms with van der Waals surface area (Å²) in [6.45, 7) is 9.50. The molecule has 1 unspecified atom stereocenters. The Labute approximate surface area is 97.4 Å². The van der Waals surface area contributed by atoms with Gasteiger partial charge in [0.05, 0.1) is 11.4 Å². The molecule has 90 valence electrons. The molecule has 0 spiro atoms. The number of nitrogen functional groups attached to an aromatic ring is 1. The summed E-state index contributed by atoms with van der Waals surface area (Å²) in [4.78, 5) is 2.40. The second-order valence-electron chi connectivity index (χ2n) is 4.65. The minimum absolute atomic E-state index is 0.819. The van der Waals surface area contributed by atoms with Crippen LogP contribution in [0.1, 0.15) is 32.4 Å². The number of rotatable bonds is 3. The molecule has 0 radical (unpaired) electrons. The Balaban J connectivity index is 2.26. The normalized spacial score (nSPS) is 20.7. The first-order chi connectivity index (χ1) is 7.67. The Hall–Kier alpha value is -1.19. The molecule has 1 fully saturated rings. The zero-order valence-corrected chi connectivity index (χ0v) is 10.5. The van der Waals surface area contributed by atoms with Crippen LogP contribution in [-0.2, 0) is 6.54 Å². The summed E-state index contributed by atoms with van der Waals surface area (Å²) in [6.07, 6.45) is 2.54. The number of hydrogen-bond donors (Lipinski definition) is 1. The molecule has 1 saturated heterocycles. The van der Waals surface area contributed by atoms with Gasteiger partial charge in [-0.3, -0.25) is 0 Å². The van der Waals surface area contributed by atoms with E-state index < -0.39 is 0 Å². The van der Waals surface area contributed by atoms with E-state index in [1.807, 2.05) is 11.6 Å². The molecule has 16 heavy (non-hydrogen) atoms. The fourth-order valence-electron chi connectivity index (χ4n) is 2.50. The highest BCUT2D eigenvalue weighted by molar-refractivity contribution is 5.66. The number of nitrogens with two attached hydrogens (primary N) is 1. The van der Waals surface area contributed by atoms with E-state index in [9.17, 15) is 0 Å². The Bertz CT molecular complexity index is 369. The molecule has 1 aliphatic rings. The highest BCUT2D eigenvalue weighted by atomic mass is 15.4. The van der Waals surface area contributed by atoms with Crippen molar-refractivity contribution in [2.75, 3.05) is 23.7 Å². The van der Waals surface area contributed by atoms with Crippen molar-refractivity contribution in [2.24, 2.45) is 5.92 Å². The maximum atomic E-state index is 6.12. The molecular formula is C12H22N4. The van der Waals surface area contributed by atoms with Crippen molar-refractivity contribution in [1.82, 2.24) is 9.78 Å². The van der Waals surface area contributed by atoms with Gasteiger partial charge in [-0.15, -0.1) is 0 Å². The first kappa shape index (κ1) is 11.3. The summed E-state index contributed by atoms with van der Waals surface area (Å²) in [5, 5.41) is 4.47. The Morgan fingerprint density at radius 1 is 1.44 bits per heavy atom. The van der Waals surface area contributed by atoms with Gasteiger partial charge in [0, 0.05) is 19.6 Å². The van der Waals surface area contributed by atoms with Crippen LogP contribution >= 0.6 is 0 Å². The Morgan fingerprint density at radius 3 is 2.75 bits per heavy atom. The zero-order chi connectivity index (χ0) is 11.7. The number of aryl methyl sites for hydroxylation is 2. The average Bonchev–Trinajstić information content (AvgIpc) is 2.85. The smallest absolute Gasteiger partial charge is 0.150 e. The molecule has 1 aromatic heterocycles. The molecule has 0 saturated carbocycles. The highest BCUT2D eigenvalue weighted by Gasteiger charge is 2.26. The van der Waals surface area contributed by atoms with Crippen LogP contribution in [-0.4, -0.2) is 22.9 Å². The van der Waals surface area contributed by atoms with Gasteiger partial charge in [0.15, 0.2) is 5.82 Å². The van der Waals surface area contributed by atoms with Crippen LogP contribution in [0.3, 0.4) is 0 Å². The Morgan fingerprint density at radius 2 is 2.19 bits per heavy atom. The predicted molar refractivity (Wildman–Crippen MR) is 67.7 cm³/mol. The second kappa shape index (κ2) is 4.36. The lowest BCUT2D eigenvalue weighted by molar-refractivity contribution is 0.566. The summed E-state index contributed by atoms with van der Waals surface area (Å²) in [5.74, 6) is 1.95. The predicted octanol–water partition coefficient (Wildman–Crippen LogP) is 2.03. The third-order valence-corrected chi connectivity index (χ3v) is 3.61. The molecule has 2 heterocycles. The minimum atomic E-state index is 0.819. The maximum Gasteiger partial charge on any atom is 0.150 e. The van der Waals surface area contributed by atoms with Gasteiger partial charge < -0.3 is 10.6 Å². The molecule has 0 aliphatic carbocycles.